The number of fused-ring (bicyclic) bond motifs is 2. The van der Waals surface area contributed by atoms with Crippen molar-refractivity contribution in [1.82, 2.24) is 4.90 Å². The molecule has 2 saturated carbocycles. The van der Waals surface area contributed by atoms with Gasteiger partial charge in [0.2, 0.25) is 0 Å². The summed E-state index contributed by atoms with van der Waals surface area (Å²) < 4.78 is 26.2. The van der Waals surface area contributed by atoms with Crippen LogP contribution in [0.15, 0.2) is 18.2 Å². The Kier molecular flexibility index (Phi) is 4.27. The van der Waals surface area contributed by atoms with E-state index in [4.69, 9.17) is 5.73 Å². The van der Waals surface area contributed by atoms with Crippen molar-refractivity contribution in [2.24, 2.45) is 23.5 Å². The van der Waals surface area contributed by atoms with E-state index in [2.05, 4.69) is 11.9 Å². The van der Waals surface area contributed by atoms with Crippen molar-refractivity contribution in [1.29, 1.82) is 0 Å². The van der Waals surface area contributed by atoms with Crippen LogP contribution in [-0.4, -0.2) is 25.0 Å². The lowest BCUT2D eigenvalue weighted by Gasteiger charge is -2.29. The first kappa shape index (κ1) is 14.9. The summed E-state index contributed by atoms with van der Waals surface area (Å²) in [6, 6.07) is 3.67. The van der Waals surface area contributed by atoms with Crippen molar-refractivity contribution in [3.8, 4) is 0 Å². The molecule has 0 spiro atoms. The van der Waals surface area contributed by atoms with Gasteiger partial charge in [0.05, 0.1) is 0 Å². The normalized spacial score (nSPS) is 29.3. The van der Waals surface area contributed by atoms with E-state index in [0.717, 1.165) is 30.4 Å². The van der Waals surface area contributed by atoms with Gasteiger partial charge >= 0.3 is 0 Å². The number of nitrogens with zero attached hydrogens (tertiary/aromatic N) is 1. The van der Waals surface area contributed by atoms with E-state index < -0.39 is 11.6 Å². The molecule has 21 heavy (non-hydrogen) atoms. The first-order valence-corrected chi connectivity index (χ1v) is 7.92. The van der Waals surface area contributed by atoms with Crippen LogP contribution in [0, 0.1) is 29.4 Å². The molecule has 0 amide bonds. The molecule has 2 nitrogen and oxygen atoms in total. The maximum absolute atomic E-state index is 13.3. The quantitative estimate of drug-likeness (QED) is 0.902. The van der Waals surface area contributed by atoms with Crippen molar-refractivity contribution in [3.63, 3.8) is 0 Å². The maximum atomic E-state index is 13.3. The summed E-state index contributed by atoms with van der Waals surface area (Å²) in [6.07, 6.45) is 5.57. The molecular formula is C17H24F2N2. The molecule has 4 unspecified atom stereocenters. The zero-order chi connectivity index (χ0) is 15.0. The standard InChI is InChI=1S/C17H24F2N2/c1-21(9-14-7-11-2-3-12(14)6-11)10-17(20)13-4-5-15(18)16(19)8-13/h4-5,8,11-12,14,17H,2-3,6-7,9-10,20H2,1H3. The second kappa shape index (κ2) is 6.01. The lowest BCUT2D eigenvalue weighted by atomic mass is 9.88. The lowest BCUT2D eigenvalue weighted by molar-refractivity contribution is 0.212. The molecule has 2 N–H and O–H groups in total. The van der Waals surface area contributed by atoms with Gasteiger partial charge in [0.15, 0.2) is 11.6 Å². The van der Waals surface area contributed by atoms with Gasteiger partial charge in [-0.1, -0.05) is 12.5 Å². The highest BCUT2D eigenvalue weighted by molar-refractivity contribution is 5.21. The van der Waals surface area contributed by atoms with Gasteiger partial charge in [-0.05, 0) is 61.8 Å². The number of hydrogen-bond acceptors (Lipinski definition) is 2. The highest BCUT2D eigenvalue weighted by Gasteiger charge is 2.39. The Morgan fingerprint density at radius 3 is 2.67 bits per heavy atom. The monoisotopic (exact) mass is 294 g/mol. The van der Waals surface area contributed by atoms with Gasteiger partial charge in [-0.2, -0.15) is 0 Å². The Labute approximate surface area is 125 Å². The highest BCUT2D eigenvalue weighted by atomic mass is 19.2. The van der Waals surface area contributed by atoms with Crippen molar-refractivity contribution < 1.29 is 8.78 Å². The molecule has 1 aromatic rings. The van der Waals surface area contributed by atoms with E-state index >= 15 is 0 Å². The Morgan fingerprint density at radius 1 is 1.24 bits per heavy atom. The summed E-state index contributed by atoms with van der Waals surface area (Å²) in [5.41, 5.74) is 6.80. The second-order valence-electron chi connectivity index (χ2n) is 6.94. The van der Waals surface area contributed by atoms with Crippen LogP contribution in [0.25, 0.3) is 0 Å². The number of likely N-dealkylation sites (N-methyl/N-ethyl adjacent to an activating group) is 1. The smallest absolute Gasteiger partial charge is 0.159 e. The highest BCUT2D eigenvalue weighted by Crippen LogP contribution is 2.48. The lowest BCUT2D eigenvalue weighted by Crippen LogP contribution is -2.34. The van der Waals surface area contributed by atoms with Crippen molar-refractivity contribution >= 4 is 0 Å². The molecular weight excluding hydrogens is 270 g/mol. The molecule has 2 bridgehead atoms. The van der Waals surface area contributed by atoms with Crippen LogP contribution in [0.3, 0.4) is 0 Å². The molecule has 0 heterocycles. The predicted octanol–water partition coefficient (Wildman–Crippen LogP) is 3.33. The van der Waals surface area contributed by atoms with Gasteiger partial charge in [0.1, 0.15) is 0 Å². The Balaban J connectivity index is 1.54. The number of benzene rings is 1. The van der Waals surface area contributed by atoms with E-state index in [9.17, 15) is 8.78 Å². The van der Waals surface area contributed by atoms with Gasteiger partial charge < -0.3 is 10.6 Å². The summed E-state index contributed by atoms with van der Waals surface area (Å²) in [5.74, 6) is 1.01. The van der Waals surface area contributed by atoms with Crippen LogP contribution < -0.4 is 5.73 Å². The van der Waals surface area contributed by atoms with Crippen LogP contribution in [-0.2, 0) is 0 Å². The fraction of sp³-hybridized carbons (Fsp3) is 0.647. The molecule has 0 saturated heterocycles. The molecule has 4 atom stereocenters. The Hall–Kier alpha value is -1.00. The average Bonchev–Trinajstić information content (AvgIpc) is 3.04. The van der Waals surface area contributed by atoms with Crippen LogP contribution in [0.4, 0.5) is 8.78 Å². The Morgan fingerprint density at radius 2 is 2.05 bits per heavy atom. The second-order valence-corrected chi connectivity index (χ2v) is 6.94. The summed E-state index contributed by atoms with van der Waals surface area (Å²) in [6.45, 7) is 1.75. The van der Waals surface area contributed by atoms with Gasteiger partial charge in [0.25, 0.3) is 0 Å². The summed E-state index contributed by atoms with van der Waals surface area (Å²) in [4.78, 5) is 2.25. The number of halogens is 2. The summed E-state index contributed by atoms with van der Waals surface area (Å²) in [5, 5.41) is 0. The van der Waals surface area contributed by atoms with Gasteiger partial charge in [-0.3, -0.25) is 0 Å². The first-order valence-electron chi connectivity index (χ1n) is 7.92. The molecule has 2 aliphatic carbocycles. The molecule has 1 aromatic carbocycles. The maximum Gasteiger partial charge on any atom is 0.159 e. The van der Waals surface area contributed by atoms with Crippen LogP contribution >= 0.6 is 0 Å². The minimum atomic E-state index is -0.821. The van der Waals surface area contributed by atoms with Crippen LogP contribution in [0.1, 0.15) is 37.3 Å². The third-order valence-corrected chi connectivity index (χ3v) is 5.31. The number of hydrogen-bond donors (Lipinski definition) is 1. The Bertz CT molecular complexity index is 506. The molecule has 0 aliphatic heterocycles. The summed E-state index contributed by atoms with van der Waals surface area (Å²) in [7, 11) is 2.08. The third-order valence-electron chi connectivity index (χ3n) is 5.31. The summed E-state index contributed by atoms with van der Waals surface area (Å²) >= 11 is 0. The molecule has 2 aliphatic rings. The van der Waals surface area contributed by atoms with E-state index in [1.165, 1.54) is 31.7 Å². The molecule has 3 rings (SSSR count). The van der Waals surface area contributed by atoms with Crippen LogP contribution in [0.5, 0.6) is 0 Å². The fourth-order valence-electron chi connectivity index (χ4n) is 4.26. The average molecular weight is 294 g/mol. The van der Waals surface area contributed by atoms with Gasteiger partial charge in [-0.25, -0.2) is 8.78 Å². The molecule has 4 heteroatoms. The van der Waals surface area contributed by atoms with Crippen LogP contribution in [0.2, 0.25) is 0 Å². The van der Waals surface area contributed by atoms with E-state index in [1.807, 2.05) is 0 Å². The zero-order valence-electron chi connectivity index (χ0n) is 12.6. The minimum absolute atomic E-state index is 0.274. The fourth-order valence-corrected chi connectivity index (χ4v) is 4.26. The van der Waals surface area contributed by atoms with E-state index in [0.29, 0.717) is 12.1 Å². The van der Waals surface area contributed by atoms with Gasteiger partial charge in [0, 0.05) is 19.1 Å². The number of nitrogens with two attached hydrogens (primary N) is 1. The van der Waals surface area contributed by atoms with Crippen molar-refractivity contribution in [2.75, 3.05) is 20.1 Å². The van der Waals surface area contributed by atoms with E-state index in [-0.39, 0.29) is 6.04 Å². The SMILES string of the molecule is CN(CC(N)c1ccc(F)c(F)c1)CC1CC2CCC1C2. The third kappa shape index (κ3) is 3.27. The predicted molar refractivity (Wildman–Crippen MR) is 79.7 cm³/mol. The van der Waals surface area contributed by atoms with Gasteiger partial charge in [-0.15, -0.1) is 0 Å². The minimum Gasteiger partial charge on any atom is -0.323 e. The topological polar surface area (TPSA) is 29.3 Å². The molecule has 2 fully saturated rings. The van der Waals surface area contributed by atoms with Crippen molar-refractivity contribution in [3.05, 3.63) is 35.4 Å². The molecule has 0 aromatic heterocycles. The number of rotatable bonds is 5. The van der Waals surface area contributed by atoms with E-state index in [1.54, 1.807) is 6.07 Å². The first-order chi connectivity index (χ1) is 10.0. The molecule has 116 valence electrons. The largest absolute Gasteiger partial charge is 0.323 e. The van der Waals surface area contributed by atoms with Crippen molar-refractivity contribution in [2.45, 2.75) is 31.7 Å². The zero-order valence-corrected chi connectivity index (χ0v) is 12.6. The molecule has 0 radical (unpaired) electrons.